The van der Waals surface area contributed by atoms with Crippen molar-refractivity contribution in [3.8, 4) is 0 Å². The van der Waals surface area contributed by atoms with Crippen LogP contribution in [0.2, 0.25) is 0 Å². The second kappa shape index (κ2) is 6.38. The monoisotopic (exact) mass is 264 g/mol. The third-order valence-electron chi connectivity index (χ3n) is 4.28. The standard InChI is InChI=1S/C16H25FN2/c1-4-19-9-5-6-14(11-19)13(3)18-16-10-15(17)8-7-12(16)2/h7-8,10,13-14,18H,4-6,9,11H2,1-3H3. The highest BCUT2D eigenvalue weighted by molar-refractivity contribution is 5.51. The van der Waals surface area contributed by atoms with Crippen LogP contribution in [0.15, 0.2) is 18.2 Å². The average Bonchev–Trinajstić information content (AvgIpc) is 2.43. The Morgan fingerprint density at radius 3 is 3.00 bits per heavy atom. The SMILES string of the molecule is CCN1CCCC(C(C)Nc2cc(F)ccc2C)C1. The Bertz CT molecular complexity index is 419. The smallest absolute Gasteiger partial charge is 0.125 e. The molecule has 1 fully saturated rings. The summed E-state index contributed by atoms with van der Waals surface area (Å²) in [5, 5.41) is 3.50. The first-order valence-corrected chi connectivity index (χ1v) is 7.35. The van der Waals surface area contributed by atoms with Crippen LogP contribution in [0.1, 0.15) is 32.3 Å². The zero-order valence-electron chi connectivity index (χ0n) is 12.2. The Labute approximate surface area is 116 Å². The van der Waals surface area contributed by atoms with Gasteiger partial charge in [-0.15, -0.1) is 0 Å². The van der Waals surface area contributed by atoms with Crippen LogP contribution in [-0.4, -0.2) is 30.6 Å². The van der Waals surface area contributed by atoms with Gasteiger partial charge >= 0.3 is 0 Å². The van der Waals surface area contributed by atoms with Crippen LogP contribution < -0.4 is 5.32 Å². The fourth-order valence-corrected chi connectivity index (χ4v) is 2.90. The molecule has 0 spiro atoms. The second-order valence-corrected chi connectivity index (χ2v) is 5.69. The van der Waals surface area contributed by atoms with E-state index in [1.807, 2.05) is 13.0 Å². The van der Waals surface area contributed by atoms with Crippen LogP contribution in [-0.2, 0) is 0 Å². The van der Waals surface area contributed by atoms with E-state index in [-0.39, 0.29) is 5.82 Å². The number of benzene rings is 1. The molecule has 1 N–H and O–H groups in total. The first-order chi connectivity index (χ1) is 9.10. The van der Waals surface area contributed by atoms with Crippen molar-refractivity contribution < 1.29 is 4.39 Å². The number of nitrogens with one attached hydrogen (secondary N) is 1. The minimum atomic E-state index is -0.167. The van der Waals surface area contributed by atoms with Gasteiger partial charge in [-0.3, -0.25) is 0 Å². The molecule has 1 aliphatic rings. The van der Waals surface area contributed by atoms with E-state index in [0.717, 1.165) is 24.3 Å². The number of hydrogen-bond acceptors (Lipinski definition) is 2. The summed E-state index contributed by atoms with van der Waals surface area (Å²) in [6.45, 7) is 9.96. The summed E-state index contributed by atoms with van der Waals surface area (Å²) in [5.74, 6) is 0.482. The first kappa shape index (κ1) is 14.3. The van der Waals surface area contributed by atoms with Crippen LogP contribution >= 0.6 is 0 Å². The maximum absolute atomic E-state index is 13.3. The molecule has 0 amide bonds. The molecule has 0 saturated carbocycles. The summed E-state index contributed by atoms with van der Waals surface area (Å²) in [7, 11) is 0. The molecule has 3 heteroatoms. The van der Waals surface area contributed by atoms with Gasteiger partial charge in [-0.25, -0.2) is 4.39 Å². The molecule has 0 radical (unpaired) electrons. The third kappa shape index (κ3) is 3.69. The van der Waals surface area contributed by atoms with Crippen molar-refractivity contribution in [3.05, 3.63) is 29.6 Å². The number of halogens is 1. The molecular formula is C16H25FN2. The molecule has 19 heavy (non-hydrogen) atoms. The van der Waals surface area contributed by atoms with Gasteiger partial charge in [-0.2, -0.15) is 0 Å². The molecule has 0 aromatic heterocycles. The normalized spacial score (nSPS) is 22.2. The molecule has 2 rings (SSSR count). The van der Waals surface area contributed by atoms with Gasteiger partial charge in [0.2, 0.25) is 0 Å². The Balaban J connectivity index is 2.00. The highest BCUT2D eigenvalue weighted by Gasteiger charge is 2.24. The van der Waals surface area contributed by atoms with Crippen molar-refractivity contribution in [3.63, 3.8) is 0 Å². The van der Waals surface area contributed by atoms with E-state index in [1.165, 1.54) is 25.5 Å². The second-order valence-electron chi connectivity index (χ2n) is 5.69. The molecule has 2 nitrogen and oxygen atoms in total. The predicted octanol–water partition coefficient (Wildman–Crippen LogP) is 3.67. The molecule has 1 aromatic carbocycles. The van der Waals surface area contributed by atoms with E-state index in [0.29, 0.717) is 12.0 Å². The van der Waals surface area contributed by atoms with E-state index in [1.54, 1.807) is 6.07 Å². The van der Waals surface area contributed by atoms with E-state index < -0.39 is 0 Å². The van der Waals surface area contributed by atoms with Crippen molar-refractivity contribution in [2.45, 2.75) is 39.7 Å². The van der Waals surface area contributed by atoms with Gasteiger partial charge in [0.25, 0.3) is 0 Å². The van der Waals surface area contributed by atoms with Crippen LogP contribution in [0.5, 0.6) is 0 Å². The lowest BCUT2D eigenvalue weighted by atomic mass is 9.91. The van der Waals surface area contributed by atoms with Crippen LogP contribution in [0.3, 0.4) is 0 Å². The fraction of sp³-hybridized carbons (Fsp3) is 0.625. The maximum atomic E-state index is 13.3. The van der Waals surface area contributed by atoms with E-state index in [2.05, 4.69) is 24.1 Å². The molecule has 2 unspecified atom stereocenters. The summed E-state index contributed by atoms with van der Waals surface area (Å²) < 4.78 is 13.3. The van der Waals surface area contributed by atoms with E-state index in [9.17, 15) is 4.39 Å². The summed E-state index contributed by atoms with van der Waals surface area (Å²) in [4.78, 5) is 2.50. The lowest BCUT2D eigenvalue weighted by molar-refractivity contribution is 0.172. The fourth-order valence-electron chi connectivity index (χ4n) is 2.90. The average molecular weight is 264 g/mol. The number of nitrogens with zero attached hydrogens (tertiary/aromatic N) is 1. The summed E-state index contributed by atoms with van der Waals surface area (Å²) in [5.41, 5.74) is 2.04. The zero-order valence-corrected chi connectivity index (χ0v) is 12.2. The number of likely N-dealkylation sites (tertiary alicyclic amines) is 1. The Kier molecular flexibility index (Phi) is 4.81. The number of anilines is 1. The van der Waals surface area contributed by atoms with Crippen LogP contribution in [0, 0.1) is 18.7 Å². The first-order valence-electron chi connectivity index (χ1n) is 7.35. The van der Waals surface area contributed by atoms with E-state index >= 15 is 0 Å². The topological polar surface area (TPSA) is 15.3 Å². The lowest BCUT2D eigenvalue weighted by Gasteiger charge is -2.36. The number of piperidine rings is 1. The molecule has 2 atom stereocenters. The van der Waals surface area contributed by atoms with E-state index in [4.69, 9.17) is 0 Å². The molecule has 1 aromatic rings. The van der Waals surface area contributed by atoms with Gasteiger partial charge in [0, 0.05) is 18.3 Å². The Morgan fingerprint density at radius 1 is 1.47 bits per heavy atom. The molecule has 1 heterocycles. The predicted molar refractivity (Wildman–Crippen MR) is 79.1 cm³/mol. The van der Waals surface area contributed by atoms with Gasteiger partial charge in [0.1, 0.15) is 5.82 Å². The molecule has 1 saturated heterocycles. The minimum Gasteiger partial charge on any atom is -0.382 e. The third-order valence-corrected chi connectivity index (χ3v) is 4.28. The van der Waals surface area contributed by atoms with Crippen molar-refractivity contribution in [2.24, 2.45) is 5.92 Å². The highest BCUT2D eigenvalue weighted by atomic mass is 19.1. The summed E-state index contributed by atoms with van der Waals surface area (Å²) in [6.07, 6.45) is 2.53. The van der Waals surface area contributed by atoms with Crippen molar-refractivity contribution >= 4 is 5.69 Å². The number of aryl methyl sites for hydroxylation is 1. The highest BCUT2D eigenvalue weighted by Crippen LogP contribution is 2.24. The van der Waals surface area contributed by atoms with Crippen molar-refractivity contribution in [2.75, 3.05) is 25.0 Å². The van der Waals surface area contributed by atoms with Gasteiger partial charge in [0.05, 0.1) is 0 Å². The van der Waals surface area contributed by atoms with Gasteiger partial charge in [-0.05, 0) is 63.4 Å². The zero-order chi connectivity index (χ0) is 13.8. The molecule has 106 valence electrons. The Morgan fingerprint density at radius 2 is 2.26 bits per heavy atom. The molecular weight excluding hydrogens is 239 g/mol. The molecule has 0 bridgehead atoms. The van der Waals surface area contributed by atoms with Crippen LogP contribution in [0.4, 0.5) is 10.1 Å². The molecule has 0 aliphatic carbocycles. The number of hydrogen-bond donors (Lipinski definition) is 1. The largest absolute Gasteiger partial charge is 0.382 e. The minimum absolute atomic E-state index is 0.167. The van der Waals surface area contributed by atoms with Crippen molar-refractivity contribution in [1.82, 2.24) is 4.90 Å². The van der Waals surface area contributed by atoms with Crippen molar-refractivity contribution in [1.29, 1.82) is 0 Å². The maximum Gasteiger partial charge on any atom is 0.125 e. The summed E-state index contributed by atoms with van der Waals surface area (Å²) >= 11 is 0. The summed E-state index contributed by atoms with van der Waals surface area (Å²) in [6, 6.07) is 5.34. The quantitative estimate of drug-likeness (QED) is 0.892. The van der Waals surface area contributed by atoms with Gasteiger partial charge in [-0.1, -0.05) is 13.0 Å². The van der Waals surface area contributed by atoms with Gasteiger partial charge < -0.3 is 10.2 Å². The molecule has 1 aliphatic heterocycles. The van der Waals surface area contributed by atoms with Crippen LogP contribution in [0.25, 0.3) is 0 Å². The van der Waals surface area contributed by atoms with Gasteiger partial charge in [0.15, 0.2) is 0 Å². The lowest BCUT2D eigenvalue weighted by Crippen LogP contribution is -2.41. The number of rotatable bonds is 4. The Hall–Kier alpha value is -1.09.